The van der Waals surface area contributed by atoms with E-state index in [0.29, 0.717) is 17.0 Å². The average molecular weight is 255 g/mol. The highest BCUT2D eigenvalue weighted by atomic mass is 32.2. The van der Waals surface area contributed by atoms with Crippen LogP contribution >= 0.6 is 11.8 Å². The lowest BCUT2D eigenvalue weighted by Crippen LogP contribution is -2.03. The highest BCUT2D eigenvalue weighted by Crippen LogP contribution is 2.26. The molecule has 17 heavy (non-hydrogen) atoms. The van der Waals surface area contributed by atoms with Crippen LogP contribution in [0.25, 0.3) is 0 Å². The van der Waals surface area contributed by atoms with Gasteiger partial charge in [-0.25, -0.2) is 4.79 Å². The van der Waals surface area contributed by atoms with Gasteiger partial charge in [0, 0.05) is 16.3 Å². The fourth-order valence-electron chi connectivity index (χ4n) is 1.17. The molecule has 0 amide bonds. The minimum absolute atomic E-state index is 0.0723. The van der Waals surface area contributed by atoms with Gasteiger partial charge in [0.05, 0.1) is 19.1 Å². The van der Waals surface area contributed by atoms with Crippen LogP contribution in [-0.4, -0.2) is 29.9 Å². The first-order valence-corrected chi connectivity index (χ1v) is 5.85. The number of benzene rings is 1. The van der Waals surface area contributed by atoms with Crippen LogP contribution in [0.5, 0.6) is 0 Å². The number of carbonyl (C=O) groups is 2. The van der Waals surface area contributed by atoms with Gasteiger partial charge in [-0.15, -0.1) is 11.8 Å². The molecule has 1 aromatic carbocycles. The number of carbonyl (C=O) groups excluding carboxylic acids is 1. The number of hydrogen-bond donors (Lipinski definition) is 2. The molecule has 0 aromatic heterocycles. The van der Waals surface area contributed by atoms with Gasteiger partial charge < -0.3 is 15.6 Å². The number of methoxy groups -OCH3 is 1. The number of aliphatic carboxylic acids is 1. The third kappa shape index (κ3) is 3.99. The second-order valence-electron chi connectivity index (χ2n) is 3.24. The lowest BCUT2D eigenvalue weighted by atomic mass is 10.2. The SMILES string of the molecule is COC(=O)c1ccc(SCCC(=O)O)c(N)c1. The van der Waals surface area contributed by atoms with Crippen LogP contribution < -0.4 is 5.73 Å². The molecule has 0 aliphatic heterocycles. The van der Waals surface area contributed by atoms with Crippen molar-refractivity contribution in [2.75, 3.05) is 18.6 Å². The summed E-state index contributed by atoms with van der Waals surface area (Å²) < 4.78 is 4.56. The Balaban J connectivity index is 2.69. The van der Waals surface area contributed by atoms with Gasteiger partial charge in [0.2, 0.25) is 0 Å². The molecule has 5 nitrogen and oxygen atoms in total. The molecule has 0 spiro atoms. The van der Waals surface area contributed by atoms with Gasteiger partial charge in [0.1, 0.15) is 0 Å². The molecule has 1 aromatic rings. The van der Waals surface area contributed by atoms with E-state index in [4.69, 9.17) is 10.8 Å². The average Bonchev–Trinajstić information content (AvgIpc) is 2.29. The lowest BCUT2D eigenvalue weighted by molar-refractivity contribution is -0.136. The van der Waals surface area contributed by atoms with E-state index in [1.54, 1.807) is 12.1 Å². The molecule has 3 N–H and O–H groups in total. The van der Waals surface area contributed by atoms with Crippen LogP contribution in [0.4, 0.5) is 5.69 Å². The molecule has 0 fully saturated rings. The van der Waals surface area contributed by atoms with Gasteiger partial charge in [-0.05, 0) is 18.2 Å². The topological polar surface area (TPSA) is 89.6 Å². The van der Waals surface area contributed by atoms with Gasteiger partial charge in [-0.1, -0.05) is 0 Å². The molecule has 92 valence electrons. The number of carboxylic acids is 1. The molecule has 0 aliphatic rings. The van der Waals surface area contributed by atoms with Gasteiger partial charge in [0.15, 0.2) is 0 Å². The summed E-state index contributed by atoms with van der Waals surface area (Å²) in [5.41, 5.74) is 6.58. The largest absolute Gasteiger partial charge is 0.481 e. The molecular weight excluding hydrogens is 242 g/mol. The number of rotatable bonds is 5. The summed E-state index contributed by atoms with van der Waals surface area (Å²) in [4.78, 5) is 22.3. The van der Waals surface area contributed by atoms with Crippen LogP contribution in [0.2, 0.25) is 0 Å². The molecule has 0 heterocycles. The molecule has 6 heteroatoms. The number of carboxylic acid groups (broad SMARTS) is 1. The van der Waals surface area contributed by atoms with Crippen molar-refractivity contribution in [2.45, 2.75) is 11.3 Å². The minimum atomic E-state index is -0.845. The van der Waals surface area contributed by atoms with Crippen molar-refractivity contribution in [3.63, 3.8) is 0 Å². The molecule has 1 rings (SSSR count). The van der Waals surface area contributed by atoms with E-state index in [0.717, 1.165) is 4.90 Å². The third-order valence-corrected chi connectivity index (χ3v) is 3.10. The molecule has 0 radical (unpaired) electrons. The lowest BCUT2D eigenvalue weighted by Gasteiger charge is -2.06. The zero-order chi connectivity index (χ0) is 12.8. The zero-order valence-electron chi connectivity index (χ0n) is 9.30. The summed E-state index contributed by atoms with van der Waals surface area (Å²) in [6.07, 6.45) is 0.0723. The number of hydrogen-bond acceptors (Lipinski definition) is 5. The van der Waals surface area contributed by atoms with Crippen molar-refractivity contribution in [3.05, 3.63) is 23.8 Å². The summed E-state index contributed by atoms with van der Waals surface area (Å²) in [6.45, 7) is 0. The van der Waals surface area contributed by atoms with Crippen LogP contribution in [0, 0.1) is 0 Å². The second-order valence-corrected chi connectivity index (χ2v) is 4.37. The Bertz CT molecular complexity index is 433. The molecule has 0 saturated heterocycles. The van der Waals surface area contributed by atoms with Gasteiger partial charge in [-0.2, -0.15) is 0 Å². The third-order valence-electron chi connectivity index (χ3n) is 2.00. The number of nitrogens with two attached hydrogens (primary N) is 1. The van der Waals surface area contributed by atoms with E-state index >= 15 is 0 Å². The first-order chi connectivity index (χ1) is 8.04. The smallest absolute Gasteiger partial charge is 0.337 e. The van der Waals surface area contributed by atoms with Crippen LogP contribution in [-0.2, 0) is 9.53 Å². The Labute approximate surface area is 103 Å². The summed E-state index contributed by atoms with van der Waals surface area (Å²) in [5.74, 6) is -0.849. The maximum absolute atomic E-state index is 11.2. The van der Waals surface area contributed by atoms with E-state index < -0.39 is 11.9 Å². The Hall–Kier alpha value is -1.69. The minimum Gasteiger partial charge on any atom is -0.481 e. The monoisotopic (exact) mass is 255 g/mol. The Kier molecular flexibility index (Phi) is 4.84. The van der Waals surface area contributed by atoms with Crippen molar-refractivity contribution >= 4 is 29.4 Å². The molecule has 0 bridgehead atoms. The van der Waals surface area contributed by atoms with Gasteiger partial charge >= 0.3 is 11.9 Å². The molecule has 0 aliphatic carbocycles. The van der Waals surface area contributed by atoms with E-state index in [1.807, 2.05) is 0 Å². The summed E-state index contributed by atoms with van der Waals surface area (Å²) in [5, 5.41) is 8.50. The van der Waals surface area contributed by atoms with E-state index in [2.05, 4.69) is 4.74 Å². The van der Waals surface area contributed by atoms with Crippen molar-refractivity contribution < 1.29 is 19.4 Å². The van der Waals surface area contributed by atoms with E-state index in [1.165, 1.54) is 24.9 Å². The van der Waals surface area contributed by atoms with Gasteiger partial charge in [-0.3, -0.25) is 4.79 Å². The predicted molar refractivity (Wildman–Crippen MR) is 65.2 cm³/mol. The van der Waals surface area contributed by atoms with Gasteiger partial charge in [0.25, 0.3) is 0 Å². The fourth-order valence-corrected chi connectivity index (χ4v) is 2.06. The number of nitrogen functional groups attached to an aromatic ring is 1. The maximum Gasteiger partial charge on any atom is 0.337 e. The Morgan fingerprint density at radius 2 is 2.18 bits per heavy atom. The number of ether oxygens (including phenoxy) is 1. The highest BCUT2D eigenvalue weighted by Gasteiger charge is 2.08. The van der Waals surface area contributed by atoms with Crippen LogP contribution in [0.1, 0.15) is 16.8 Å². The second kappa shape index (κ2) is 6.15. The van der Waals surface area contributed by atoms with Crippen LogP contribution in [0.15, 0.2) is 23.1 Å². The molecule has 0 unspecified atom stereocenters. The van der Waals surface area contributed by atoms with Crippen molar-refractivity contribution in [1.82, 2.24) is 0 Å². The van der Waals surface area contributed by atoms with Crippen LogP contribution in [0.3, 0.4) is 0 Å². The molecular formula is C11H13NO4S. The number of anilines is 1. The fraction of sp³-hybridized carbons (Fsp3) is 0.273. The van der Waals surface area contributed by atoms with Crippen molar-refractivity contribution in [2.24, 2.45) is 0 Å². The van der Waals surface area contributed by atoms with Crippen molar-refractivity contribution in [1.29, 1.82) is 0 Å². The standard InChI is InChI=1S/C11H13NO4S/c1-16-11(15)7-2-3-9(8(12)6-7)17-5-4-10(13)14/h2-3,6H,4-5,12H2,1H3,(H,13,14). The molecule has 0 saturated carbocycles. The summed E-state index contributed by atoms with van der Waals surface area (Å²) in [7, 11) is 1.30. The molecule has 0 atom stereocenters. The summed E-state index contributed by atoms with van der Waals surface area (Å²) in [6, 6.07) is 4.81. The van der Waals surface area contributed by atoms with E-state index in [-0.39, 0.29) is 6.42 Å². The predicted octanol–water partition coefficient (Wildman–Crippen LogP) is 1.62. The first kappa shape index (κ1) is 13.4. The van der Waals surface area contributed by atoms with Crippen molar-refractivity contribution in [3.8, 4) is 0 Å². The zero-order valence-corrected chi connectivity index (χ0v) is 10.1. The Morgan fingerprint density at radius 1 is 1.47 bits per heavy atom. The normalized spacial score (nSPS) is 9.94. The maximum atomic E-state index is 11.2. The Morgan fingerprint density at radius 3 is 2.71 bits per heavy atom. The number of esters is 1. The number of thioether (sulfide) groups is 1. The van der Waals surface area contributed by atoms with E-state index in [9.17, 15) is 9.59 Å². The summed E-state index contributed by atoms with van der Waals surface area (Å²) >= 11 is 1.35. The quantitative estimate of drug-likeness (QED) is 0.472. The first-order valence-electron chi connectivity index (χ1n) is 4.87. The highest BCUT2D eigenvalue weighted by molar-refractivity contribution is 7.99.